The molecule has 0 atom stereocenters. The standard InChI is InChI=1S/C18H25NO2/c1-2-19-11-16-15-9-5-6-10-17(15)21-18(16)13-20-12-14-7-3-4-8-14/h5-6,9-10,14,19H,2-4,7-8,11-13H2,1H3. The molecule has 1 fully saturated rings. The SMILES string of the molecule is CCNCc1c(COCC2CCCC2)oc2ccccc12. The van der Waals surface area contributed by atoms with Crippen molar-refractivity contribution in [2.24, 2.45) is 5.92 Å². The molecule has 0 saturated heterocycles. The first-order valence-electron chi connectivity index (χ1n) is 8.16. The van der Waals surface area contributed by atoms with E-state index in [1.807, 2.05) is 12.1 Å². The molecule has 1 aliphatic carbocycles. The van der Waals surface area contributed by atoms with Gasteiger partial charge >= 0.3 is 0 Å². The third-order valence-electron chi connectivity index (χ3n) is 4.40. The Hall–Kier alpha value is -1.32. The van der Waals surface area contributed by atoms with Crippen molar-refractivity contribution in [3.8, 4) is 0 Å². The molecule has 2 aromatic rings. The molecule has 3 heteroatoms. The van der Waals surface area contributed by atoms with Gasteiger partial charge in [0.1, 0.15) is 18.0 Å². The fourth-order valence-corrected chi connectivity index (χ4v) is 3.21. The summed E-state index contributed by atoms with van der Waals surface area (Å²) in [6.45, 7) is 5.39. The van der Waals surface area contributed by atoms with Crippen molar-refractivity contribution in [2.75, 3.05) is 13.2 Å². The molecule has 0 amide bonds. The Balaban J connectivity index is 1.69. The number of hydrogen-bond acceptors (Lipinski definition) is 3. The fourth-order valence-electron chi connectivity index (χ4n) is 3.21. The van der Waals surface area contributed by atoms with E-state index in [1.165, 1.54) is 36.6 Å². The lowest BCUT2D eigenvalue weighted by molar-refractivity contribution is 0.0774. The van der Waals surface area contributed by atoms with Crippen LogP contribution in [0.4, 0.5) is 0 Å². The maximum Gasteiger partial charge on any atom is 0.135 e. The summed E-state index contributed by atoms with van der Waals surface area (Å²) in [5.41, 5.74) is 2.21. The molecule has 1 aromatic heterocycles. The Morgan fingerprint density at radius 2 is 2.05 bits per heavy atom. The van der Waals surface area contributed by atoms with Gasteiger partial charge in [0, 0.05) is 24.1 Å². The third kappa shape index (κ3) is 3.47. The van der Waals surface area contributed by atoms with E-state index in [2.05, 4.69) is 24.4 Å². The van der Waals surface area contributed by atoms with E-state index < -0.39 is 0 Å². The van der Waals surface area contributed by atoms with E-state index in [4.69, 9.17) is 9.15 Å². The number of ether oxygens (including phenoxy) is 1. The molecule has 0 unspecified atom stereocenters. The number of benzene rings is 1. The van der Waals surface area contributed by atoms with Crippen LogP contribution in [-0.2, 0) is 17.9 Å². The second kappa shape index (κ2) is 7.10. The van der Waals surface area contributed by atoms with Crippen LogP contribution < -0.4 is 5.32 Å². The predicted octanol–water partition coefficient (Wildman–Crippen LogP) is 4.25. The van der Waals surface area contributed by atoms with E-state index in [9.17, 15) is 0 Å². The van der Waals surface area contributed by atoms with Crippen molar-refractivity contribution in [2.45, 2.75) is 45.8 Å². The summed E-state index contributed by atoms with van der Waals surface area (Å²) < 4.78 is 11.9. The monoisotopic (exact) mass is 287 g/mol. The minimum absolute atomic E-state index is 0.589. The average Bonchev–Trinajstić information content (AvgIpc) is 3.13. The van der Waals surface area contributed by atoms with Gasteiger partial charge in [0.2, 0.25) is 0 Å². The summed E-state index contributed by atoms with van der Waals surface area (Å²) in [5.74, 6) is 1.74. The van der Waals surface area contributed by atoms with Crippen LogP contribution in [0.3, 0.4) is 0 Å². The predicted molar refractivity (Wildman–Crippen MR) is 85.2 cm³/mol. The zero-order valence-electron chi connectivity index (χ0n) is 12.9. The lowest BCUT2D eigenvalue weighted by Gasteiger charge is -2.09. The van der Waals surface area contributed by atoms with E-state index >= 15 is 0 Å². The number of fused-ring (bicyclic) bond motifs is 1. The van der Waals surface area contributed by atoms with Gasteiger partial charge in [-0.05, 0) is 31.4 Å². The van der Waals surface area contributed by atoms with Crippen LogP contribution in [0.25, 0.3) is 11.0 Å². The van der Waals surface area contributed by atoms with Crippen LogP contribution >= 0.6 is 0 Å². The molecule has 3 nitrogen and oxygen atoms in total. The molecule has 0 radical (unpaired) electrons. The highest BCUT2D eigenvalue weighted by Crippen LogP contribution is 2.28. The normalized spacial score (nSPS) is 16.0. The van der Waals surface area contributed by atoms with E-state index in [0.29, 0.717) is 6.61 Å². The van der Waals surface area contributed by atoms with Gasteiger partial charge in [-0.25, -0.2) is 0 Å². The number of furan rings is 1. The number of nitrogens with one attached hydrogen (secondary N) is 1. The van der Waals surface area contributed by atoms with Gasteiger partial charge in [-0.2, -0.15) is 0 Å². The summed E-state index contributed by atoms with van der Waals surface area (Å²) in [4.78, 5) is 0. The zero-order valence-corrected chi connectivity index (χ0v) is 12.9. The highest BCUT2D eigenvalue weighted by atomic mass is 16.5. The first-order chi connectivity index (χ1) is 10.4. The molecule has 3 rings (SSSR count). The highest BCUT2D eigenvalue weighted by Gasteiger charge is 2.17. The summed E-state index contributed by atoms with van der Waals surface area (Å²) in [7, 11) is 0. The molecular formula is C18H25NO2. The van der Waals surface area contributed by atoms with Crippen LogP contribution in [0.15, 0.2) is 28.7 Å². The molecule has 1 saturated carbocycles. The topological polar surface area (TPSA) is 34.4 Å². The van der Waals surface area contributed by atoms with Gasteiger partial charge in [-0.15, -0.1) is 0 Å². The van der Waals surface area contributed by atoms with Gasteiger partial charge in [0.25, 0.3) is 0 Å². The van der Waals surface area contributed by atoms with Gasteiger partial charge in [0.05, 0.1) is 0 Å². The molecule has 1 aliphatic rings. The zero-order chi connectivity index (χ0) is 14.5. The number of hydrogen-bond donors (Lipinski definition) is 1. The Kier molecular flexibility index (Phi) is 4.94. The summed E-state index contributed by atoms with van der Waals surface area (Å²) in [5, 5.41) is 4.61. The largest absolute Gasteiger partial charge is 0.458 e. The highest BCUT2D eigenvalue weighted by molar-refractivity contribution is 5.82. The molecule has 0 spiro atoms. The van der Waals surface area contributed by atoms with Crippen molar-refractivity contribution >= 4 is 11.0 Å². The maximum atomic E-state index is 6.00. The van der Waals surface area contributed by atoms with Crippen molar-refractivity contribution in [3.63, 3.8) is 0 Å². The molecule has 1 N–H and O–H groups in total. The van der Waals surface area contributed by atoms with Gasteiger partial charge in [-0.1, -0.05) is 38.0 Å². The van der Waals surface area contributed by atoms with Gasteiger partial charge in [-0.3, -0.25) is 0 Å². The van der Waals surface area contributed by atoms with Crippen molar-refractivity contribution in [3.05, 3.63) is 35.6 Å². The lowest BCUT2D eigenvalue weighted by atomic mass is 10.1. The van der Waals surface area contributed by atoms with Crippen molar-refractivity contribution in [1.82, 2.24) is 5.32 Å². The Bertz CT molecular complexity index is 570. The molecule has 114 valence electrons. The molecule has 1 heterocycles. The fraction of sp³-hybridized carbons (Fsp3) is 0.556. The van der Waals surface area contributed by atoms with Crippen LogP contribution in [0.1, 0.15) is 43.9 Å². The lowest BCUT2D eigenvalue weighted by Crippen LogP contribution is -2.13. The third-order valence-corrected chi connectivity index (χ3v) is 4.40. The van der Waals surface area contributed by atoms with Crippen molar-refractivity contribution in [1.29, 1.82) is 0 Å². The molecular weight excluding hydrogens is 262 g/mol. The number of para-hydroxylation sites is 1. The van der Waals surface area contributed by atoms with Crippen LogP contribution in [0, 0.1) is 5.92 Å². The summed E-state index contributed by atoms with van der Waals surface area (Å²) in [6.07, 6.45) is 5.38. The van der Waals surface area contributed by atoms with Crippen molar-refractivity contribution < 1.29 is 9.15 Å². The quantitative estimate of drug-likeness (QED) is 0.826. The number of rotatable bonds is 7. The van der Waals surface area contributed by atoms with E-state index in [0.717, 1.165) is 37.0 Å². The molecule has 0 bridgehead atoms. The minimum Gasteiger partial charge on any atom is -0.458 e. The van der Waals surface area contributed by atoms with Gasteiger partial charge < -0.3 is 14.5 Å². The van der Waals surface area contributed by atoms with Crippen LogP contribution in [-0.4, -0.2) is 13.2 Å². The molecule has 21 heavy (non-hydrogen) atoms. The second-order valence-electron chi connectivity index (χ2n) is 5.95. The molecule has 1 aromatic carbocycles. The Labute approximate surface area is 126 Å². The first-order valence-corrected chi connectivity index (χ1v) is 8.16. The summed E-state index contributed by atoms with van der Waals surface area (Å²) >= 11 is 0. The van der Waals surface area contributed by atoms with E-state index in [1.54, 1.807) is 0 Å². The minimum atomic E-state index is 0.589. The van der Waals surface area contributed by atoms with Crippen LogP contribution in [0.2, 0.25) is 0 Å². The molecule has 0 aliphatic heterocycles. The Morgan fingerprint density at radius 3 is 2.86 bits per heavy atom. The maximum absolute atomic E-state index is 6.00. The van der Waals surface area contributed by atoms with Gasteiger partial charge in [0.15, 0.2) is 0 Å². The smallest absolute Gasteiger partial charge is 0.135 e. The van der Waals surface area contributed by atoms with Crippen LogP contribution in [0.5, 0.6) is 0 Å². The Morgan fingerprint density at radius 1 is 1.24 bits per heavy atom. The van der Waals surface area contributed by atoms with E-state index in [-0.39, 0.29) is 0 Å². The first kappa shape index (κ1) is 14.6. The second-order valence-corrected chi connectivity index (χ2v) is 5.95. The summed E-state index contributed by atoms with van der Waals surface area (Å²) in [6, 6.07) is 8.25. The average molecular weight is 287 g/mol.